The van der Waals surface area contributed by atoms with E-state index in [4.69, 9.17) is 0 Å². The van der Waals surface area contributed by atoms with Gasteiger partial charge in [0.25, 0.3) is 5.69 Å². The molecule has 0 saturated heterocycles. The van der Waals surface area contributed by atoms with Crippen LogP contribution in [-0.4, -0.2) is 24.0 Å². The number of aryl methyl sites for hydroxylation is 1. The van der Waals surface area contributed by atoms with Gasteiger partial charge in [0.1, 0.15) is 0 Å². The van der Waals surface area contributed by atoms with Crippen LogP contribution in [0.1, 0.15) is 11.1 Å². The molecule has 2 aromatic carbocycles. The molecule has 25 heavy (non-hydrogen) atoms. The first-order valence-electron chi connectivity index (χ1n) is 7.99. The van der Waals surface area contributed by atoms with Crippen LogP contribution in [0.25, 0.3) is 10.8 Å². The predicted octanol–water partition coefficient (Wildman–Crippen LogP) is 4.13. The minimum absolute atomic E-state index is 0.0696. The molecule has 3 rings (SSSR count). The number of pyridine rings is 1. The number of fused-ring (bicyclic) bond motifs is 1. The number of rotatable bonds is 5. The van der Waals surface area contributed by atoms with Gasteiger partial charge in [-0.3, -0.25) is 15.1 Å². The maximum Gasteiger partial charge on any atom is 0.278 e. The second-order valence-corrected chi connectivity index (χ2v) is 6.17. The molecular weight excluding hydrogens is 316 g/mol. The molecule has 0 fully saturated rings. The van der Waals surface area contributed by atoms with E-state index in [-0.39, 0.29) is 10.6 Å². The van der Waals surface area contributed by atoms with Crippen molar-refractivity contribution in [3.05, 3.63) is 70.0 Å². The summed E-state index contributed by atoms with van der Waals surface area (Å²) in [6.07, 6.45) is 3.18. The second kappa shape index (κ2) is 6.76. The summed E-state index contributed by atoms with van der Waals surface area (Å²) in [5, 5.41) is 15.9. The van der Waals surface area contributed by atoms with E-state index in [1.807, 2.05) is 14.1 Å². The number of hydrogen-bond acceptors (Lipinski definition) is 5. The van der Waals surface area contributed by atoms with Crippen molar-refractivity contribution in [1.82, 2.24) is 4.98 Å². The number of aromatic nitrogens is 1. The Balaban J connectivity index is 1.89. The molecule has 0 aliphatic carbocycles. The highest BCUT2D eigenvalue weighted by Crippen LogP contribution is 2.31. The van der Waals surface area contributed by atoms with Gasteiger partial charge in [0.05, 0.1) is 10.3 Å². The van der Waals surface area contributed by atoms with Gasteiger partial charge in [0, 0.05) is 55.9 Å². The van der Waals surface area contributed by atoms with Crippen molar-refractivity contribution in [2.45, 2.75) is 13.5 Å². The summed E-state index contributed by atoms with van der Waals surface area (Å²) in [7, 11) is 4.04. The van der Waals surface area contributed by atoms with Crippen LogP contribution >= 0.6 is 0 Å². The van der Waals surface area contributed by atoms with Gasteiger partial charge in [-0.15, -0.1) is 0 Å². The van der Waals surface area contributed by atoms with Crippen LogP contribution in [-0.2, 0) is 6.54 Å². The lowest BCUT2D eigenvalue weighted by atomic mass is 10.1. The zero-order valence-electron chi connectivity index (χ0n) is 14.5. The summed E-state index contributed by atoms with van der Waals surface area (Å²) in [6, 6.07) is 11.4. The topological polar surface area (TPSA) is 71.3 Å². The molecule has 1 N–H and O–H groups in total. The van der Waals surface area contributed by atoms with E-state index in [0.717, 1.165) is 16.8 Å². The number of nitro benzene ring substituents is 1. The molecule has 128 valence electrons. The fourth-order valence-electron chi connectivity index (χ4n) is 2.84. The first-order chi connectivity index (χ1) is 12.0. The summed E-state index contributed by atoms with van der Waals surface area (Å²) in [4.78, 5) is 16.9. The zero-order chi connectivity index (χ0) is 18.0. The largest absolute Gasteiger partial charge is 0.380 e. The minimum atomic E-state index is -0.377. The molecule has 0 aliphatic rings. The van der Waals surface area contributed by atoms with E-state index in [1.54, 1.807) is 18.3 Å². The van der Waals surface area contributed by atoms with Gasteiger partial charge in [-0.1, -0.05) is 6.07 Å². The van der Waals surface area contributed by atoms with Crippen molar-refractivity contribution in [3.63, 3.8) is 0 Å². The molecule has 3 aromatic rings. The molecule has 0 atom stereocenters. The molecule has 0 saturated carbocycles. The number of anilines is 2. The molecular formula is C19H20N4O2. The lowest BCUT2D eigenvalue weighted by Crippen LogP contribution is -2.09. The Bertz CT molecular complexity index is 938. The molecule has 0 spiro atoms. The van der Waals surface area contributed by atoms with Crippen LogP contribution in [0.15, 0.2) is 48.8 Å². The molecule has 1 heterocycles. The van der Waals surface area contributed by atoms with Crippen LogP contribution in [0.5, 0.6) is 0 Å². The maximum absolute atomic E-state index is 11.2. The van der Waals surface area contributed by atoms with Gasteiger partial charge in [-0.2, -0.15) is 0 Å². The fraction of sp³-hybridized carbons (Fsp3) is 0.211. The third-order valence-electron chi connectivity index (χ3n) is 4.30. The monoisotopic (exact) mass is 336 g/mol. The highest BCUT2D eigenvalue weighted by Gasteiger charge is 2.14. The molecule has 0 amide bonds. The standard InChI is InChI=1S/C19H20N4O2/c1-13-10-15(22(2)3)5-4-14(13)11-21-18-6-7-19(23(24)25)17-12-20-9-8-16(17)18/h4-10,12,21H,11H2,1-3H3. The first-order valence-corrected chi connectivity index (χ1v) is 7.99. The second-order valence-electron chi connectivity index (χ2n) is 6.17. The smallest absolute Gasteiger partial charge is 0.278 e. The lowest BCUT2D eigenvalue weighted by molar-refractivity contribution is -0.383. The van der Waals surface area contributed by atoms with Crippen LogP contribution in [0.3, 0.4) is 0 Å². The molecule has 6 heteroatoms. The molecule has 0 unspecified atom stereocenters. The maximum atomic E-state index is 11.2. The number of hydrogen-bond donors (Lipinski definition) is 1. The van der Waals surface area contributed by atoms with Crippen LogP contribution < -0.4 is 10.2 Å². The van der Waals surface area contributed by atoms with Crippen LogP contribution in [0.2, 0.25) is 0 Å². The number of non-ortho nitro benzene ring substituents is 1. The summed E-state index contributed by atoms with van der Waals surface area (Å²) >= 11 is 0. The van der Waals surface area contributed by atoms with E-state index in [9.17, 15) is 10.1 Å². The average Bonchev–Trinajstić information content (AvgIpc) is 2.60. The van der Waals surface area contributed by atoms with Gasteiger partial charge in [0.15, 0.2) is 0 Å². The SMILES string of the molecule is Cc1cc(N(C)C)ccc1CNc1ccc([N+](=O)[O-])c2cnccc12. The van der Waals surface area contributed by atoms with Gasteiger partial charge in [0.2, 0.25) is 0 Å². The van der Waals surface area contributed by atoms with Gasteiger partial charge < -0.3 is 10.2 Å². The Hall–Kier alpha value is -3.15. The van der Waals surface area contributed by atoms with Gasteiger partial charge in [-0.05, 0) is 42.3 Å². The Kier molecular flexibility index (Phi) is 4.52. The van der Waals surface area contributed by atoms with E-state index in [0.29, 0.717) is 11.9 Å². The molecule has 0 aliphatic heterocycles. The number of benzene rings is 2. The van der Waals surface area contributed by atoms with Gasteiger partial charge >= 0.3 is 0 Å². The van der Waals surface area contributed by atoms with E-state index >= 15 is 0 Å². The summed E-state index contributed by atoms with van der Waals surface area (Å²) < 4.78 is 0. The fourth-order valence-corrected chi connectivity index (χ4v) is 2.84. The van der Waals surface area contributed by atoms with Crippen molar-refractivity contribution in [2.75, 3.05) is 24.3 Å². The third kappa shape index (κ3) is 3.38. The first kappa shape index (κ1) is 16.7. The normalized spacial score (nSPS) is 10.7. The van der Waals surface area contributed by atoms with E-state index in [1.165, 1.54) is 23.4 Å². The Labute approximate surface area is 146 Å². The number of nitrogens with one attached hydrogen (secondary N) is 1. The van der Waals surface area contributed by atoms with Gasteiger partial charge in [-0.25, -0.2) is 0 Å². The average molecular weight is 336 g/mol. The molecule has 0 radical (unpaired) electrons. The zero-order valence-corrected chi connectivity index (χ0v) is 14.5. The van der Waals surface area contributed by atoms with E-state index < -0.39 is 0 Å². The Morgan fingerprint density at radius 2 is 1.96 bits per heavy atom. The van der Waals surface area contributed by atoms with E-state index in [2.05, 4.69) is 40.3 Å². The van der Waals surface area contributed by atoms with Crippen LogP contribution in [0, 0.1) is 17.0 Å². The number of nitro groups is 1. The minimum Gasteiger partial charge on any atom is -0.380 e. The summed E-state index contributed by atoms with van der Waals surface area (Å²) in [5.74, 6) is 0. The Morgan fingerprint density at radius 3 is 2.64 bits per heavy atom. The van der Waals surface area contributed by atoms with Crippen molar-refractivity contribution in [2.24, 2.45) is 0 Å². The highest BCUT2D eigenvalue weighted by atomic mass is 16.6. The van der Waals surface area contributed by atoms with Crippen LogP contribution in [0.4, 0.5) is 17.1 Å². The Morgan fingerprint density at radius 1 is 1.16 bits per heavy atom. The van der Waals surface area contributed by atoms with Crippen molar-refractivity contribution < 1.29 is 4.92 Å². The summed E-state index contributed by atoms with van der Waals surface area (Å²) in [5.41, 5.74) is 4.48. The highest BCUT2D eigenvalue weighted by molar-refractivity contribution is 5.99. The summed E-state index contributed by atoms with van der Waals surface area (Å²) in [6.45, 7) is 2.73. The number of nitrogens with zero attached hydrogens (tertiary/aromatic N) is 3. The predicted molar refractivity (Wildman–Crippen MR) is 101 cm³/mol. The third-order valence-corrected chi connectivity index (χ3v) is 4.30. The lowest BCUT2D eigenvalue weighted by Gasteiger charge is -2.16. The van der Waals surface area contributed by atoms with Crippen molar-refractivity contribution in [1.29, 1.82) is 0 Å². The van der Waals surface area contributed by atoms with Crippen molar-refractivity contribution in [3.8, 4) is 0 Å². The quantitative estimate of drug-likeness (QED) is 0.560. The molecule has 1 aromatic heterocycles. The molecule has 6 nitrogen and oxygen atoms in total. The van der Waals surface area contributed by atoms with Crippen molar-refractivity contribution >= 4 is 27.8 Å². The molecule has 0 bridgehead atoms.